The third kappa shape index (κ3) is 4.49. The summed E-state index contributed by atoms with van der Waals surface area (Å²) < 4.78 is 5.59. The molecule has 1 aromatic rings. The van der Waals surface area contributed by atoms with Crippen molar-refractivity contribution >= 4 is 0 Å². The summed E-state index contributed by atoms with van der Waals surface area (Å²) in [6.45, 7) is 8.29. The lowest BCUT2D eigenvalue weighted by Crippen LogP contribution is -2.28. The molecule has 0 aliphatic carbocycles. The van der Waals surface area contributed by atoms with Gasteiger partial charge in [0.1, 0.15) is 11.5 Å². The van der Waals surface area contributed by atoms with Crippen LogP contribution in [0.2, 0.25) is 0 Å². The van der Waals surface area contributed by atoms with Gasteiger partial charge in [0.15, 0.2) is 0 Å². The van der Waals surface area contributed by atoms with Crippen molar-refractivity contribution < 1.29 is 4.42 Å². The van der Waals surface area contributed by atoms with Crippen LogP contribution in [-0.4, -0.2) is 31.6 Å². The maximum absolute atomic E-state index is 5.59. The van der Waals surface area contributed by atoms with Gasteiger partial charge in [-0.05, 0) is 25.7 Å². The molecule has 3 nitrogen and oxygen atoms in total. The molecule has 0 saturated carbocycles. The first-order valence-corrected chi connectivity index (χ1v) is 5.73. The first-order chi connectivity index (χ1) is 7.26. The van der Waals surface area contributed by atoms with Gasteiger partial charge < -0.3 is 14.6 Å². The maximum atomic E-state index is 5.59. The molecule has 1 rings (SSSR count). The van der Waals surface area contributed by atoms with Crippen molar-refractivity contribution in [2.75, 3.05) is 26.7 Å². The fourth-order valence-corrected chi connectivity index (χ4v) is 1.35. The topological polar surface area (TPSA) is 28.4 Å². The Kier molecular flexibility index (Phi) is 5.43. The van der Waals surface area contributed by atoms with Crippen LogP contribution in [0, 0.1) is 0 Å². The van der Waals surface area contributed by atoms with E-state index in [1.165, 1.54) is 0 Å². The summed E-state index contributed by atoms with van der Waals surface area (Å²) in [4.78, 5) is 2.28. The van der Waals surface area contributed by atoms with Gasteiger partial charge in [-0.25, -0.2) is 0 Å². The standard InChI is InChI=1S/C12H22N2O/c1-4-11-6-7-12(15-11)10-13-8-9-14(3)5-2/h6-7,13H,4-5,8-10H2,1-3H3. The average Bonchev–Trinajstić information content (AvgIpc) is 2.72. The molecule has 0 aliphatic heterocycles. The highest BCUT2D eigenvalue weighted by Gasteiger charge is 1.99. The predicted molar refractivity (Wildman–Crippen MR) is 63.0 cm³/mol. The molecule has 0 radical (unpaired) electrons. The number of aryl methyl sites for hydroxylation is 1. The zero-order valence-electron chi connectivity index (χ0n) is 10.0. The predicted octanol–water partition coefficient (Wildman–Crippen LogP) is 1.88. The number of likely N-dealkylation sites (N-methyl/N-ethyl adjacent to an activating group) is 1. The monoisotopic (exact) mass is 210 g/mol. The van der Waals surface area contributed by atoms with E-state index in [0.717, 1.165) is 44.1 Å². The summed E-state index contributed by atoms with van der Waals surface area (Å²) in [5.74, 6) is 2.10. The molecule has 86 valence electrons. The lowest BCUT2D eigenvalue weighted by Gasteiger charge is -2.13. The Morgan fingerprint density at radius 3 is 2.60 bits per heavy atom. The quantitative estimate of drug-likeness (QED) is 0.697. The number of furan rings is 1. The lowest BCUT2D eigenvalue weighted by molar-refractivity contribution is 0.344. The Bertz CT molecular complexity index is 270. The molecular weight excluding hydrogens is 188 g/mol. The normalized spacial score (nSPS) is 11.2. The van der Waals surface area contributed by atoms with Crippen molar-refractivity contribution in [3.05, 3.63) is 23.7 Å². The summed E-state index contributed by atoms with van der Waals surface area (Å²) in [7, 11) is 2.13. The Labute approximate surface area is 92.5 Å². The molecule has 1 heterocycles. The molecule has 0 atom stereocenters. The molecule has 1 aromatic heterocycles. The van der Waals surface area contributed by atoms with Gasteiger partial charge in [-0.2, -0.15) is 0 Å². The molecule has 3 heteroatoms. The van der Waals surface area contributed by atoms with Gasteiger partial charge in [-0.3, -0.25) is 0 Å². The molecular formula is C12H22N2O. The van der Waals surface area contributed by atoms with Crippen LogP contribution in [0.15, 0.2) is 16.5 Å². The third-order valence-electron chi connectivity index (χ3n) is 2.58. The Morgan fingerprint density at radius 1 is 1.27 bits per heavy atom. The van der Waals surface area contributed by atoms with Crippen LogP contribution in [-0.2, 0) is 13.0 Å². The average molecular weight is 210 g/mol. The highest BCUT2D eigenvalue weighted by Crippen LogP contribution is 2.07. The van der Waals surface area contributed by atoms with E-state index in [2.05, 4.69) is 43.2 Å². The number of nitrogens with zero attached hydrogens (tertiary/aromatic N) is 1. The van der Waals surface area contributed by atoms with Gasteiger partial charge in [-0.1, -0.05) is 13.8 Å². The van der Waals surface area contributed by atoms with Gasteiger partial charge in [0.2, 0.25) is 0 Å². The van der Waals surface area contributed by atoms with E-state index < -0.39 is 0 Å². The molecule has 0 unspecified atom stereocenters. The number of rotatable bonds is 7. The Morgan fingerprint density at radius 2 is 2.00 bits per heavy atom. The van der Waals surface area contributed by atoms with E-state index in [9.17, 15) is 0 Å². The number of hydrogen-bond acceptors (Lipinski definition) is 3. The molecule has 0 spiro atoms. The van der Waals surface area contributed by atoms with Crippen LogP contribution in [0.4, 0.5) is 0 Å². The van der Waals surface area contributed by atoms with Gasteiger partial charge in [0, 0.05) is 19.5 Å². The first-order valence-electron chi connectivity index (χ1n) is 5.73. The summed E-state index contributed by atoms with van der Waals surface area (Å²) >= 11 is 0. The fourth-order valence-electron chi connectivity index (χ4n) is 1.35. The van der Waals surface area contributed by atoms with Crippen molar-refractivity contribution in [3.8, 4) is 0 Å². The number of nitrogens with one attached hydrogen (secondary N) is 1. The Hall–Kier alpha value is -0.800. The van der Waals surface area contributed by atoms with Crippen LogP contribution in [0.3, 0.4) is 0 Å². The summed E-state index contributed by atoms with van der Waals surface area (Å²) in [6, 6.07) is 4.10. The van der Waals surface area contributed by atoms with Crippen molar-refractivity contribution in [2.24, 2.45) is 0 Å². The minimum absolute atomic E-state index is 0.831. The van der Waals surface area contributed by atoms with Crippen molar-refractivity contribution in [1.29, 1.82) is 0 Å². The molecule has 0 aliphatic rings. The van der Waals surface area contributed by atoms with Crippen molar-refractivity contribution in [3.63, 3.8) is 0 Å². The van der Waals surface area contributed by atoms with Gasteiger partial charge in [-0.15, -0.1) is 0 Å². The SMILES string of the molecule is CCc1ccc(CNCCN(C)CC)o1. The van der Waals surface area contributed by atoms with E-state index in [1.807, 2.05) is 0 Å². The van der Waals surface area contributed by atoms with E-state index in [1.54, 1.807) is 0 Å². The molecule has 0 amide bonds. The van der Waals surface area contributed by atoms with E-state index >= 15 is 0 Å². The molecule has 0 aromatic carbocycles. The molecule has 0 bridgehead atoms. The molecule has 0 fully saturated rings. The largest absolute Gasteiger partial charge is 0.465 e. The molecule has 15 heavy (non-hydrogen) atoms. The van der Waals surface area contributed by atoms with Crippen LogP contribution in [0.1, 0.15) is 25.4 Å². The molecule has 1 N–H and O–H groups in total. The Balaban J connectivity index is 2.14. The van der Waals surface area contributed by atoms with Crippen LogP contribution >= 0.6 is 0 Å². The second-order valence-electron chi connectivity index (χ2n) is 3.79. The van der Waals surface area contributed by atoms with Gasteiger partial charge in [0.25, 0.3) is 0 Å². The molecule has 0 saturated heterocycles. The zero-order chi connectivity index (χ0) is 11.1. The van der Waals surface area contributed by atoms with Crippen molar-refractivity contribution in [1.82, 2.24) is 10.2 Å². The fraction of sp³-hybridized carbons (Fsp3) is 0.667. The smallest absolute Gasteiger partial charge is 0.117 e. The minimum Gasteiger partial charge on any atom is -0.465 e. The minimum atomic E-state index is 0.831. The highest BCUT2D eigenvalue weighted by molar-refractivity contribution is 5.06. The van der Waals surface area contributed by atoms with Crippen molar-refractivity contribution in [2.45, 2.75) is 26.8 Å². The van der Waals surface area contributed by atoms with Crippen LogP contribution < -0.4 is 5.32 Å². The third-order valence-corrected chi connectivity index (χ3v) is 2.58. The summed E-state index contributed by atoms with van der Waals surface area (Å²) in [5, 5.41) is 3.37. The van der Waals surface area contributed by atoms with Crippen LogP contribution in [0.25, 0.3) is 0 Å². The number of hydrogen-bond donors (Lipinski definition) is 1. The van der Waals surface area contributed by atoms with E-state index in [0.29, 0.717) is 0 Å². The summed E-state index contributed by atoms with van der Waals surface area (Å²) in [5.41, 5.74) is 0. The van der Waals surface area contributed by atoms with Gasteiger partial charge >= 0.3 is 0 Å². The first kappa shape index (κ1) is 12.3. The van der Waals surface area contributed by atoms with E-state index in [-0.39, 0.29) is 0 Å². The second-order valence-corrected chi connectivity index (χ2v) is 3.79. The second kappa shape index (κ2) is 6.64. The van der Waals surface area contributed by atoms with Gasteiger partial charge in [0.05, 0.1) is 6.54 Å². The summed E-state index contributed by atoms with van der Waals surface area (Å²) in [6.07, 6.45) is 0.971. The highest BCUT2D eigenvalue weighted by atomic mass is 16.3. The van der Waals surface area contributed by atoms with E-state index in [4.69, 9.17) is 4.42 Å². The maximum Gasteiger partial charge on any atom is 0.117 e. The van der Waals surface area contributed by atoms with Crippen LogP contribution in [0.5, 0.6) is 0 Å². The zero-order valence-corrected chi connectivity index (χ0v) is 10.0. The lowest BCUT2D eigenvalue weighted by atomic mass is 10.3.